The smallest absolute Gasteiger partial charge is 0.275 e. The molecule has 0 aliphatic carbocycles. The second-order valence-electron chi connectivity index (χ2n) is 5.09. The van der Waals surface area contributed by atoms with E-state index in [-0.39, 0.29) is 5.91 Å². The van der Waals surface area contributed by atoms with Gasteiger partial charge in [-0.1, -0.05) is 0 Å². The van der Waals surface area contributed by atoms with Gasteiger partial charge in [-0.25, -0.2) is 4.98 Å². The molecule has 0 saturated carbocycles. The molecule has 3 rings (SSSR count). The molecular formula is C13H19N3O2. The molecule has 2 aliphatic heterocycles. The fourth-order valence-corrected chi connectivity index (χ4v) is 2.72. The van der Waals surface area contributed by atoms with Gasteiger partial charge < -0.3 is 14.6 Å². The van der Waals surface area contributed by atoms with Crippen LogP contribution in [0.3, 0.4) is 0 Å². The predicted octanol–water partition coefficient (Wildman–Crippen LogP) is 1.38. The topological polar surface area (TPSA) is 58.4 Å². The maximum atomic E-state index is 12.1. The van der Waals surface area contributed by atoms with Crippen LogP contribution in [-0.2, 0) is 0 Å². The van der Waals surface area contributed by atoms with Crippen molar-refractivity contribution in [3.8, 4) is 0 Å². The molecule has 5 nitrogen and oxygen atoms in total. The van der Waals surface area contributed by atoms with Crippen LogP contribution in [0, 0.1) is 0 Å². The van der Waals surface area contributed by atoms with Crippen molar-refractivity contribution < 1.29 is 9.21 Å². The highest BCUT2D eigenvalue weighted by atomic mass is 16.3. The summed E-state index contributed by atoms with van der Waals surface area (Å²) < 4.78 is 5.50. The minimum Gasteiger partial charge on any atom is -0.448 e. The lowest BCUT2D eigenvalue weighted by Gasteiger charge is -2.19. The van der Waals surface area contributed by atoms with Crippen molar-refractivity contribution >= 4 is 5.91 Å². The zero-order valence-corrected chi connectivity index (χ0v) is 10.5. The lowest BCUT2D eigenvalue weighted by atomic mass is 9.98. The first-order valence-electron chi connectivity index (χ1n) is 6.80. The van der Waals surface area contributed by atoms with Crippen molar-refractivity contribution in [2.24, 2.45) is 0 Å². The van der Waals surface area contributed by atoms with Gasteiger partial charge in [0.05, 0.1) is 0 Å². The Hall–Kier alpha value is -1.36. The van der Waals surface area contributed by atoms with Gasteiger partial charge >= 0.3 is 0 Å². The van der Waals surface area contributed by atoms with Crippen molar-refractivity contribution in [1.82, 2.24) is 15.2 Å². The Labute approximate surface area is 107 Å². The number of oxazole rings is 1. The highest BCUT2D eigenvalue weighted by Crippen LogP contribution is 2.25. The number of amides is 1. The summed E-state index contributed by atoms with van der Waals surface area (Å²) in [5.41, 5.74) is 0.477. The Bertz CT molecular complexity index is 418. The number of rotatable bonds is 2. The van der Waals surface area contributed by atoms with Gasteiger partial charge in [-0.3, -0.25) is 4.79 Å². The van der Waals surface area contributed by atoms with Gasteiger partial charge in [0.15, 0.2) is 11.6 Å². The van der Waals surface area contributed by atoms with Crippen molar-refractivity contribution in [2.75, 3.05) is 26.2 Å². The molecular weight excluding hydrogens is 230 g/mol. The van der Waals surface area contributed by atoms with Gasteiger partial charge in [0.2, 0.25) is 0 Å². The Kier molecular flexibility index (Phi) is 3.32. The molecule has 0 bridgehead atoms. The predicted molar refractivity (Wildman–Crippen MR) is 66.5 cm³/mol. The molecule has 0 unspecified atom stereocenters. The number of nitrogens with one attached hydrogen (secondary N) is 1. The van der Waals surface area contributed by atoms with E-state index in [1.54, 1.807) is 0 Å². The van der Waals surface area contributed by atoms with E-state index >= 15 is 0 Å². The zero-order valence-electron chi connectivity index (χ0n) is 10.5. The molecule has 1 amide bonds. The van der Waals surface area contributed by atoms with Gasteiger partial charge in [-0.05, 0) is 38.8 Å². The van der Waals surface area contributed by atoms with Crippen molar-refractivity contribution in [3.63, 3.8) is 0 Å². The van der Waals surface area contributed by atoms with Gasteiger partial charge in [0, 0.05) is 19.0 Å². The quantitative estimate of drug-likeness (QED) is 0.860. The van der Waals surface area contributed by atoms with E-state index < -0.39 is 0 Å². The number of carbonyl (C=O) groups is 1. The monoisotopic (exact) mass is 249 g/mol. The van der Waals surface area contributed by atoms with Crippen LogP contribution in [0.1, 0.15) is 48.0 Å². The Morgan fingerprint density at radius 2 is 2.06 bits per heavy atom. The van der Waals surface area contributed by atoms with E-state index in [2.05, 4.69) is 10.3 Å². The molecule has 0 aromatic carbocycles. The van der Waals surface area contributed by atoms with Crippen LogP contribution in [-0.4, -0.2) is 42.0 Å². The minimum atomic E-state index is 0.0245. The molecule has 1 N–H and O–H groups in total. The third kappa shape index (κ3) is 2.27. The normalized spacial score (nSPS) is 21.4. The fourth-order valence-electron chi connectivity index (χ4n) is 2.72. The van der Waals surface area contributed by atoms with Gasteiger partial charge in [-0.2, -0.15) is 0 Å². The third-order valence-corrected chi connectivity index (χ3v) is 3.82. The Morgan fingerprint density at radius 3 is 2.78 bits per heavy atom. The maximum absolute atomic E-state index is 12.1. The molecule has 98 valence electrons. The van der Waals surface area contributed by atoms with E-state index in [0.29, 0.717) is 11.6 Å². The summed E-state index contributed by atoms with van der Waals surface area (Å²) in [5.74, 6) is 1.13. The van der Waals surface area contributed by atoms with E-state index in [0.717, 1.165) is 57.8 Å². The fraction of sp³-hybridized carbons (Fsp3) is 0.692. The summed E-state index contributed by atoms with van der Waals surface area (Å²) >= 11 is 0. The molecule has 1 aromatic heterocycles. The molecule has 0 atom stereocenters. The summed E-state index contributed by atoms with van der Waals surface area (Å²) in [7, 11) is 0. The number of aromatic nitrogens is 1. The van der Waals surface area contributed by atoms with Gasteiger partial charge in [-0.15, -0.1) is 0 Å². The summed E-state index contributed by atoms with van der Waals surface area (Å²) in [6.07, 6.45) is 5.81. The van der Waals surface area contributed by atoms with Gasteiger partial charge in [0.25, 0.3) is 5.91 Å². The van der Waals surface area contributed by atoms with E-state index in [1.165, 1.54) is 6.26 Å². The number of piperidine rings is 1. The first-order valence-corrected chi connectivity index (χ1v) is 6.80. The van der Waals surface area contributed by atoms with Crippen molar-refractivity contribution in [2.45, 2.75) is 31.6 Å². The van der Waals surface area contributed by atoms with Gasteiger partial charge in [0.1, 0.15) is 6.26 Å². The van der Waals surface area contributed by atoms with Crippen molar-refractivity contribution in [1.29, 1.82) is 0 Å². The summed E-state index contributed by atoms with van der Waals surface area (Å²) in [6.45, 7) is 3.72. The molecule has 18 heavy (non-hydrogen) atoms. The van der Waals surface area contributed by atoms with E-state index in [4.69, 9.17) is 4.42 Å². The highest BCUT2D eigenvalue weighted by Gasteiger charge is 2.25. The zero-order chi connectivity index (χ0) is 12.4. The van der Waals surface area contributed by atoms with E-state index in [9.17, 15) is 4.79 Å². The lowest BCUT2D eigenvalue weighted by Crippen LogP contribution is -2.28. The second kappa shape index (κ2) is 5.10. The lowest BCUT2D eigenvalue weighted by molar-refractivity contribution is 0.0787. The van der Waals surface area contributed by atoms with Crippen LogP contribution >= 0.6 is 0 Å². The number of hydrogen-bond acceptors (Lipinski definition) is 4. The number of likely N-dealkylation sites (tertiary alicyclic amines) is 1. The summed E-state index contributed by atoms with van der Waals surface area (Å²) in [6, 6.07) is 0. The molecule has 2 saturated heterocycles. The molecule has 2 fully saturated rings. The first-order chi connectivity index (χ1) is 8.84. The summed E-state index contributed by atoms with van der Waals surface area (Å²) in [5, 5.41) is 3.31. The maximum Gasteiger partial charge on any atom is 0.275 e. The molecule has 2 aliphatic rings. The van der Waals surface area contributed by atoms with Crippen LogP contribution in [0.2, 0.25) is 0 Å². The molecule has 3 heterocycles. The van der Waals surface area contributed by atoms with Crippen LogP contribution < -0.4 is 5.32 Å². The molecule has 0 spiro atoms. The Morgan fingerprint density at radius 1 is 1.33 bits per heavy atom. The van der Waals surface area contributed by atoms with Crippen molar-refractivity contribution in [3.05, 3.63) is 17.8 Å². The van der Waals surface area contributed by atoms with Crippen LogP contribution in [0.5, 0.6) is 0 Å². The largest absolute Gasteiger partial charge is 0.448 e. The minimum absolute atomic E-state index is 0.0245. The van der Waals surface area contributed by atoms with Crippen LogP contribution in [0.25, 0.3) is 0 Å². The standard InChI is InChI=1S/C13H19N3O2/c17-13(16-7-1-2-8-16)11-9-18-12(15-11)10-3-5-14-6-4-10/h9-10,14H,1-8H2. The second-order valence-corrected chi connectivity index (χ2v) is 5.09. The number of nitrogens with zero attached hydrogens (tertiary/aromatic N) is 2. The number of hydrogen-bond donors (Lipinski definition) is 1. The first kappa shape index (κ1) is 11.7. The average Bonchev–Trinajstić information content (AvgIpc) is 3.10. The molecule has 0 radical (unpaired) electrons. The third-order valence-electron chi connectivity index (χ3n) is 3.82. The molecule has 5 heteroatoms. The van der Waals surface area contributed by atoms with Crippen LogP contribution in [0.15, 0.2) is 10.7 Å². The molecule has 1 aromatic rings. The number of carbonyl (C=O) groups excluding carboxylic acids is 1. The van der Waals surface area contributed by atoms with E-state index in [1.807, 2.05) is 4.90 Å². The Balaban J connectivity index is 1.70. The van der Waals surface area contributed by atoms with Crippen LogP contribution in [0.4, 0.5) is 0 Å². The highest BCUT2D eigenvalue weighted by molar-refractivity contribution is 5.92. The summed E-state index contributed by atoms with van der Waals surface area (Å²) in [4.78, 5) is 18.4. The SMILES string of the molecule is O=C(c1coc(C2CCNCC2)n1)N1CCCC1. The average molecular weight is 249 g/mol.